The molecule has 2 amide bonds. The van der Waals surface area contributed by atoms with E-state index in [1.165, 1.54) is 0 Å². The van der Waals surface area contributed by atoms with E-state index in [2.05, 4.69) is 51.3 Å². The van der Waals surface area contributed by atoms with Gasteiger partial charge in [0.15, 0.2) is 0 Å². The zero-order chi connectivity index (χ0) is 25.9. The van der Waals surface area contributed by atoms with Crippen LogP contribution in [-0.2, 0) is 14.3 Å². The van der Waals surface area contributed by atoms with Crippen LogP contribution < -0.4 is 0 Å². The van der Waals surface area contributed by atoms with Crippen molar-refractivity contribution < 1.29 is 14.3 Å². The summed E-state index contributed by atoms with van der Waals surface area (Å²) in [6, 6.07) is 0. The molecule has 0 saturated carbocycles. The van der Waals surface area contributed by atoms with Crippen LogP contribution in [-0.4, -0.2) is 110 Å². The van der Waals surface area contributed by atoms with E-state index < -0.39 is 0 Å². The number of carbonyl (C=O) groups is 2. The average molecular weight is 495 g/mol. The molecule has 2 rings (SSSR count). The number of rotatable bonds is 14. The van der Waals surface area contributed by atoms with Crippen LogP contribution in [0, 0.1) is 10.8 Å². The molecule has 0 spiro atoms. The van der Waals surface area contributed by atoms with Crippen LogP contribution in [0.5, 0.6) is 0 Å². The molecule has 0 bridgehead atoms. The van der Waals surface area contributed by atoms with Gasteiger partial charge in [0.1, 0.15) is 0 Å². The van der Waals surface area contributed by atoms with Crippen LogP contribution in [0.25, 0.3) is 0 Å². The number of nitrogens with zero attached hydrogens (tertiary/aromatic N) is 4. The Morgan fingerprint density at radius 1 is 0.629 bits per heavy atom. The fourth-order valence-electron chi connectivity index (χ4n) is 5.19. The smallest absolute Gasteiger partial charge is 0.222 e. The highest BCUT2D eigenvalue weighted by molar-refractivity contribution is 5.76. The molecule has 0 unspecified atom stereocenters. The first-order valence-electron chi connectivity index (χ1n) is 14.1. The van der Waals surface area contributed by atoms with Crippen LogP contribution in [0.15, 0.2) is 0 Å². The molecule has 35 heavy (non-hydrogen) atoms. The lowest BCUT2D eigenvalue weighted by Gasteiger charge is -2.40. The Morgan fingerprint density at radius 3 is 1.29 bits per heavy atom. The van der Waals surface area contributed by atoms with Gasteiger partial charge >= 0.3 is 0 Å². The molecule has 2 saturated heterocycles. The maximum Gasteiger partial charge on any atom is 0.222 e. The van der Waals surface area contributed by atoms with Gasteiger partial charge in [0.2, 0.25) is 11.8 Å². The number of ether oxygens (including phenoxy) is 1. The van der Waals surface area contributed by atoms with Crippen LogP contribution >= 0.6 is 0 Å². The SMILES string of the molecule is CCCCC(=O)N1CCN(CC(C)(C)COCC(C)(C)CN2CCN(C(=O)CCCC)CC2)CC1. The van der Waals surface area contributed by atoms with Gasteiger partial charge in [-0.05, 0) is 12.8 Å². The molecular weight excluding hydrogens is 440 g/mol. The maximum atomic E-state index is 12.3. The minimum Gasteiger partial charge on any atom is -0.380 e. The van der Waals surface area contributed by atoms with E-state index in [0.717, 1.165) is 104 Å². The Bertz CT molecular complexity index is 582. The first-order valence-corrected chi connectivity index (χ1v) is 14.1. The quantitative estimate of drug-likeness (QED) is 0.368. The molecule has 204 valence electrons. The van der Waals surface area contributed by atoms with E-state index in [1.807, 2.05) is 9.80 Å². The third-order valence-corrected chi connectivity index (χ3v) is 7.23. The van der Waals surface area contributed by atoms with E-state index in [-0.39, 0.29) is 10.8 Å². The molecule has 0 N–H and O–H groups in total. The first kappa shape index (κ1) is 30.0. The number of hydrogen-bond donors (Lipinski definition) is 0. The van der Waals surface area contributed by atoms with Gasteiger partial charge in [-0.25, -0.2) is 0 Å². The molecule has 0 aliphatic carbocycles. The zero-order valence-corrected chi connectivity index (χ0v) is 23.7. The number of piperazine rings is 2. The van der Waals surface area contributed by atoms with Crippen LogP contribution in [0.2, 0.25) is 0 Å². The molecule has 0 aromatic rings. The predicted octanol–water partition coefficient (Wildman–Crippen LogP) is 3.72. The lowest BCUT2D eigenvalue weighted by atomic mass is 9.92. The van der Waals surface area contributed by atoms with Crippen LogP contribution in [0.4, 0.5) is 0 Å². The van der Waals surface area contributed by atoms with Crippen molar-refractivity contribution in [3.8, 4) is 0 Å². The van der Waals surface area contributed by atoms with Crippen molar-refractivity contribution in [1.82, 2.24) is 19.6 Å². The second-order valence-electron chi connectivity index (χ2n) is 12.3. The Kier molecular flexibility index (Phi) is 12.5. The van der Waals surface area contributed by atoms with Gasteiger partial charge in [0.05, 0.1) is 13.2 Å². The van der Waals surface area contributed by atoms with Crippen molar-refractivity contribution >= 4 is 11.8 Å². The van der Waals surface area contributed by atoms with Crippen molar-refractivity contribution in [3.63, 3.8) is 0 Å². The van der Waals surface area contributed by atoms with E-state index in [9.17, 15) is 9.59 Å². The second kappa shape index (κ2) is 14.5. The third kappa shape index (κ3) is 11.2. The summed E-state index contributed by atoms with van der Waals surface area (Å²) >= 11 is 0. The van der Waals surface area contributed by atoms with E-state index in [1.54, 1.807) is 0 Å². The van der Waals surface area contributed by atoms with Crippen molar-refractivity contribution in [1.29, 1.82) is 0 Å². The molecule has 0 atom stereocenters. The maximum absolute atomic E-state index is 12.3. The number of carbonyl (C=O) groups excluding carboxylic acids is 2. The minimum atomic E-state index is 0.0783. The summed E-state index contributed by atoms with van der Waals surface area (Å²) in [5.74, 6) is 0.640. The van der Waals surface area contributed by atoms with Crippen molar-refractivity contribution in [3.05, 3.63) is 0 Å². The fraction of sp³-hybridized carbons (Fsp3) is 0.929. The fourth-order valence-corrected chi connectivity index (χ4v) is 5.19. The lowest BCUT2D eigenvalue weighted by Crippen LogP contribution is -2.52. The summed E-state index contributed by atoms with van der Waals surface area (Å²) in [6.45, 7) is 24.1. The number of amides is 2. The monoisotopic (exact) mass is 494 g/mol. The van der Waals surface area contributed by atoms with Crippen LogP contribution in [0.1, 0.15) is 80.1 Å². The molecule has 2 aliphatic rings. The van der Waals surface area contributed by atoms with Gasteiger partial charge < -0.3 is 14.5 Å². The molecule has 2 fully saturated rings. The average Bonchev–Trinajstić information content (AvgIpc) is 2.81. The van der Waals surface area contributed by atoms with Gasteiger partial charge in [-0.15, -0.1) is 0 Å². The molecule has 0 aromatic carbocycles. The summed E-state index contributed by atoms with van der Waals surface area (Å²) in [5.41, 5.74) is 0.157. The molecule has 7 nitrogen and oxygen atoms in total. The van der Waals surface area contributed by atoms with Crippen molar-refractivity contribution in [2.24, 2.45) is 10.8 Å². The summed E-state index contributed by atoms with van der Waals surface area (Å²) in [7, 11) is 0. The van der Waals surface area contributed by atoms with Crippen molar-refractivity contribution in [2.75, 3.05) is 78.7 Å². The molecule has 0 radical (unpaired) electrons. The first-order chi connectivity index (χ1) is 16.5. The van der Waals surface area contributed by atoms with E-state index >= 15 is 0 Å². The Hall–Kier alpha value is -1.18. The molecule has 2 aliphatic heterocycles. The highest BCUT2D eigenvalue weighted by Crippen LogP contribution is 2.23. The van der Waals surface area contributed by atoms with Gasteiger partial charge in [0.25, 0.3) is 0 Å². The molecule has 7 heteroatoms. The summed E-state index contributed by atoms with van der Waals surface area (Å²) in [4.78, 5) is 33.6. The van der Waals surface area contributed by atoms with Crippen LogP contribution in [0.3, 0.4) is 0 Å². The van der Waals surface area contributed by atoms with E-state index in [0.29, 0.717) is 24.7 Å². The molecular formula is C28H54N4O3. The topological polar surface area (TPSA) is 56.3 Å². The Balaban J connectivity index is 1.65. The summed E-state index contributed by atoms with van der Waals surface area (Å²) < 4.78 is 6.27. The Labute approximate surface area is 215 Å². The molecule has 2 heterocycles. The predicted molar refractivity (Wildman–Crippen MR) is 143 cm³/mol. The van der Waals surface area contributed by atoms with Gasteiger partial charge in [-0.1, -0.05) is 54.4 Å². The van der Waals surface area contributed by atoms with Gasteiger partial charge in [-0.3, -0.25) is 19.4 Å². The standard InChI is InChI=1S/C28H54N4O3/c1-7-9-11-25(33)31-17-13-29(14-18-31)21-27(3,4)23-35-24-28(5,6)22-30-15-19-32(20-16-30)26(34)12-10-8-2/h7-24H2,1-6H3. The van der Waals surface area contributed by atoms with Gasteiger partial charge in [-0.2, -0.15) is 0 Å². The number of hydrogen-bond acceptors (Lipinski definition) is 5. The normalized spacial score (nSPS) is 18.8. The highest BCUT2D eigenvalue weighted by Gasteiger charge is 2.29. The zero-order valence-electron chi connectivity index (χ0n) is 23.7. The summed E-state index contributed by atoms with van der Waals surface area (Å²) in [6.07, 6.45) is 5.53. The van der Waals surface area contributed by atoms with Crippen molar-refractivity contribution in [2.45, 2.75) is 80.1 Å². The number of unbranched alkanes of at least 4 members (excludes halogenated alkanes) is 2. The lowest BCUT2D eigenvalue weighted by molar-refractivity contribution is -0.134. The summed E-state index contributed by atoms with van der Waals surface area (Å²) in [5, 5.41) is 0. The Morgan fingerprint density at radius 2 is 0.971 bits per heavy atom. The van der Waals surface area contributed by atoms with Gasteiger partial charge in [0, 0.05) is 89.1 Å². The largest absolute Gasteiger partial charge is 0.380 e. The second-order valence-corrected chi connectivity index (χ2v) is 12.3. The molecule has 0 aromatic heterocycles. The third-order valence-electron chi connectivity index (χ3n) is 7.23. The van der Waals surface area contributed by atoms with E-state index in [4.69, 9.17) is 4.74 Å². The highest BCUT2D eigenvalue weighted by atomic mass is 16.5. The minimum absolute atomic E-state index is 0.0783.